The van der Waals surface area contributed by atoms with Gasteiger partial charge in [0.05, 0.1) is 0 Å². The molecule has 0 aromatic heterocycles. The number of hydrogen-bond acceptors (Lipinski definition) is 2. The molecule has 2 rings (SSSR count). The van der Waals surface area contributed by atoms with Crippen LogP contribution < -0.4 is 10.2 Å². The molecule has 0 aliphatic heterocycles. The van der Waals surface area contributed by atoms with Crippen molar-refractivity contribution in [2.75, 3.05) is 18.5 Å². The molecule has 1 saturated carbocycles. The van der Waals surface area contributed by atoms with Gasteiger partial charge in [-0.15, -0.1) is 0 Å². The summed E-state index contributed by atoms with van der Waals surface area (Å²) in [6.07, 6.45) is 8.33. The predicted molar refractivity (Wildman–Crippen MR) is 83.7 cm³/mol. The molecular weight excluding hydrogens is 232 g/mol. The minimum atomic E-state index is 0.727. The maximum Gasteiger partial charge on any atom is 0.0411 e. The number of anilines is 1. The van der Waals surface area contributed by atoms with Crippen LogP contribution in [0.2, 0.25) is 0 Å². The Morgan fingerprint density at radius 1 is 1.11 bits per heavy atom. The van der Waals surface area contributed by atoms with Gasteiger partial charge in [-0.05, 0) is 31.0 Å². The summed E-state index contributed by atoms with van der Waals surface area (Å²) in [7, 11) is 2.28. The first-order valence-electron chi connectivity index (χ1n) is 7.84. The molecule has 0 radical (unpaired) electrons. The second-order valence-corrected chi connectivity index (χ2v) is 5.67. The van der Waals surface area contributed by atoms with Gasteiger partial charge < -0.3 is 10.2 Å². The predicted octanol–water partition coefficient (Wildman–Crippen LogP) is 3.96. The molecule has 0 saturated heterocycles. The molecule has 2 heteroatoms. The fourth-order valence-electron chi connectivity index (χ4n) is 3.11. The third-order valence-electron chi connectivity index (χ3n) is 4.31. The molecule has 106 valence electrons. The number of benzene rings is 1. The van der Waals surface area contributed by atoms with Crippen LogP contribution in [0.3, 0.4) is 0 Å². The van der Waals surface area contributed by atoms with Crippen LogP contribution in [0.4, 0.5) is 5.69 Å². The first-order chi connectivity index (χ1) is 9.33. The maximum atomic E-state index is 3.45. The number of hydrogen-bond donors (Lipinski definition) is 1. The molecule has 0 unspecified atom stereocenters. The van der Waals surface area contributed by atoms with Crippen molar-refractivity contribution in [1.29, 1.82) is 0 Å². The topological polar surface area (TPSA) is 15.3 Å². The van der Waals surface area contributed by atoms with Crippen molar-refractivity contribution >= 4 is 5.69 Å². The smallest absolute Gasteiger partial charge is 0.0411 e. The van der Waals surface area contributed by atoms with Crippen molar-refractivity contribution in [1.82, 2.24) is 5.32 Å². The summed E-state index contributed by atoms with van der Waals surface area (Å²) in [5.41, 5.74) is 2.84. The molecule has 1 fully saturated rings. The van der Waals surface area contributed by atoms with E-state index in [1.165, 1.54) is 49.8 Å². The minimum Gasteiger partial charge on any atom is -0.371 e. The van der Waals surface area contributed by atoms with Crippen LogP contribution in [-0.2, 0) is 6.54 Å². The van der Waals surface area contributed by atoms with Crippen molar-refractivity contribution in [3.8, 4) is 0 Å². The SMILES string of the molecule is CCNCc1ccccc1N(C)C1CCCCCC1. The van der Waals surface area contributed by atoms with E-state index in [2.05, 4.69) is 48.5 Å². The lowest BCUT2D eigenvalue weighted by Crippen LogP contribution is -2.32. The van der Waals surface area contributed by atoms with Crippen molar-refractivity contribution in [2.24, 2.45) is 0 Å². The Kier molecular flexibility index (Phi) is 5.71. The minimum absolute atomic E-state index is 0.727. The van der Waals surface area contributed by atoms with Gasteiger partial charge >= 0.3 is 0 Å². The standard InChI is InChI=1S/C17H28N2/c1-3-18-14-15-10-8-9-13-17(15)19(2)16-11-6-4-5-7-12-16/h8-10,13,16,18H,3-7,11-12,14H2,1-2H3. The summed E-state index contributed by atoms with van der Waals surface area (Å²) in [4.78, 5) is 2.53. The number of nitrogens with zero attached hydrogens (tertiary/aromatic N) is 1. The molecule has 1 aliphatic rings. The highest BCUT2D eigenvalue weighted by Gasteiger charge is 2.18. The third kappa shape index (κ3) is 3.97. The molecular formula is C17H28N2. The van der Waals surface area contributed by atoms with Gasteiger partial charge in [-0.1, -0.05) is 50.8 Å². The highest BCUT2D eigenvalue weighted by atomic mass is 15.1. The molecule has 1 aromatic carbocycles. The molecule has 0 heterocycles. The highest BCUT2D eigenvalue weighted by molar-refractivity contribution is 5.53. The zero-order chi connectivity index (χ0) is 13.5. The summed E-state index contributed by atoms with van der Waals surface area (Å²) >= 11 is 0. The Labute approximate surface area is 118 Å². The van der Waals surface area contributed by atoms with Crippen molar-refractivity contribution in [2.45, 2.75) is 58.0 Å². The van der Waals surface area contributed by atoms with Gasteiger partial charge in [0, 0.05) is 25.3 Å². The maximum absolute atomic E-state index is 3.45. The van der Waals surface area contributed by atoms with Gasteiger partial charge in [0.15, 0.2) is 0 Å². The fourth-order valence-corrected chi connectivity index (χ4v) is 3.11. The van der Waals surface area contributed by atoms with Gasteiger partial charge in [-0.3, -0.25) is 0 Å². The number of rotatable bonds is 5. The molecule has 19 heavy (non-hydrogen) atoms. The lowest BCUT2D eigenvalue weighted by Gasteiger charge is -2.31. The van der Waals surface area contributed by atoms with Gasteiger partial charge in [-0.2, -0.15) is 0 Å². The Morgan fingerprint density at radius 3 is 2.47 bits per heavy atom. The van der Waals surface area contributed by atoms with Crippen LogP contribution in [0, 0.1) is 0 Å². The van der Waals surface area contributed by atoms with Crippen LogP contribution >= 0.6 is 0 Å². The van der Waals surface area contributed by atoms with Gasteiger partial charge in [0.1, 0.15) is 0 Å². The van der Waals surface area contributed by atoms with Crippen LogP contribution in [0.1, 0.15) is 51.0 Å². The lowest BCUT2D eigenvalue weighted by atomic mass is 10.0. The van der Waals surface area contributed by atoms with Crippen LogP contribution in [0.15, 0.2) is 24.3 Å². The Bertz CT molecular complexity index is 367. The summed E-state index contributed by atoms with van der Waals surface area (Å²) in [5.74, 6) is 0. The third-order valence-corrected chi connectivity index (χ3v) is 4.31. The first kappa shape index (κ1) is 14.4. The van der Waals surface area contributed by atoms with Gasteiger partial charge in [0.25, 0.3) is 0 Å². The largest absolute Gasteiger partial charge is 0.371 e. The van der Waals surface area contributed by atoms with Crippen molar-refractivity contribution in [3.05, 3.63) is 29.8 Å². The van der Waals surface area contributed by atoms with Crippen molar-refractivity contribution in [3.63, 3.8) is 0 Å². The lowest BCUT2D eigenvalue weighted by molar-refractivity contribution is 0.551. The summed E-state index contributed by atoms with van der Waals surface area (Å²) in [6.45, 7) is 4.17. The number of nitrogens with one attached hydrogen (secondary N) is 1. The van der Waals surface area contributed by atoms with Gasteiger partial charge in [0.2, 0.25) is 0 Å². The molecule has 0 atom stereocenters. The van der Waals surface area contributed by atoms with E-state index in [0.717, 1.165) is 19.1 Å². The van der Waals surface area contributed by atoms with E-state index in [4.69, 9.17) is 0 Å². The number of para-hydroxylation sites is 1. The Morgan fingerprint density at radius 2 is 1.79 bits per heavy atom. The summed E-state index contributed by atoms with van der Waals surface area (Å²) in [5, 5.41) is 3.45. The van der Waals surface area contributed by atoms with E-state index in [-0.39, 0.29) is 0 Å². The average molecular weight is 260 g/mol. The molecule has 0 amide bonds. The normalized spacial score (nSPS) is 17.2. The van der Waals surface area contributed by atoms with Crippen LogP contribution in [0.5, 0.6) is 0 Å². The molecule has 2 nitrogen and oxygen atoms in total. The second kappa shape index (κ2) is 7.54. The van der Waals surface area contributed by atoms with Gasteiger partial charge in [-0.25, -0.2) is 0 Å². The van der Waals surface area contributed by atoms with Crippen molar-refractivity contribution < 1.29 is 0 Å². The zero-order valence-corrected chi connectivity index (χ0v) is 12.5. The quantitative estimate of drug-likeness (QED) is 0.806. The molecule has 0 spiro atoms. The monoisotopic (exact) mass is 260 g/mol. The van der Waals surface area contributed by atoms with Crippen LogP contribution in [-0.4, -0.2) is 19.6 Å². The zero-order valence-electron chi connectivity index (χ0n) is 12.5. The Balaban J connectivity index is 2.10. The fraction of sp³-hybridized carbons (Fsp3) is 0.647. The van der Waals surface area contributed by atoms with E-state index in [1.54, 1.807) is 0 Å². The van der Waals surface area contributed by atoms with E-state index in [1.807, 2.05) is 0 Å². The highest BCUT2D eigenvalue weighted by Crippen LogP contribution is 2.27. The molecule has 1 aromatic rings. The van der Waals surface area contributed by atoms with E-state index >= 15 is 0 Å². The average Bonchev–Trinajstić information content (AvgIpc) is 2.73. The summed E-state index contributed by atoms with van der Waals surface area (Å²) < 4.78 is 0. The molecule has 1 N–H and O–H groups in total. The molecule has 1 aliphatic carbocycles. The first-order valence-corrected chi connectivity index (χ1v) is 7.84. The van der Waals surface area contributed by atoms with Crippen LogP contribution in [0.25, 0.3) is 0 Å². The Hall–Kier alpha value is -1.02. The molecule has 0 bridgehead atoms. The van der Waals surface area contributed by atoms with E-state index in [0.29, 0.717) is 0 Å². The van der Waals surface area contributed by atoms with E-state index in [9.17, 15) is 0 Å². The van der Waals surface area contributed by atoms with E-state index < -0.39 is 0 Å². The summed E-state index contributed by atoms with van der Waals surface area (Å²) in [6, 6.07) is 9.57. The second-order valence-electron chi connectivity index (χ2n) is 5.67.